The monoisotopic (exact) mass is 612 g/mol. The number of carbonyl (C=O) groups excluding carboxylic acids is 1. The molecule has 1 aromatic carbocycles. The van der Waals surface area contributed by atoms with Crippen LogP contribution in [0.1, 0.15) is 19.4 Å². The van der Waals surface area contributed by atoms with E-state index in [-0.39, 0.29) is 39.9 Å². The first-order valence-corrected chi connectivity index (χ1v) is 15.6. The number of nitrogens with zero attached hydrogens (tertiary/aromatic N) is 4. The lowest BCUT2D eigenvalue weighted by molar-refractivity contribution is -0.137. The molecule has 0 radical (unpaired) electrons. The standard InChI is InChI=1S/C26H24ClF3N4O2S3/c1-4-20(35)34-12(2)7-32(8-13(34)3)24-15-6-16(26(28,29)30)21(17-5-14(27)10-37-17)23-22(15)33(25(36)31-24)9-18-19(39-18)11-38-23/h4-6,10,12-13,18-19H,1,7-9,11H2,2-3H3. The first-order chi connectivity index (χ1) is 18.5. The zero-order valence-electron chi connectivity index (χ0n) is 21.0. The number of alkyl halides is 3. The summed E-state index contributed by atoms with van der Waals surface area (Å²) < 4.78 is 45.7. The Hall–Kier alpha value is -2.15. The number of halogens is 4. The minimum atomic E-state index is -4.65. The highest BCUT2D eigenvalue weighted by atomic mass is 35.5. The van der Waals surface area contributed by atoms with Crippen LogP contribution in [0.3, 0.4) is 0 Å². The van der Waals surface area contributed by atoms with Crippen molar-refractivity contribution in [1.82, 2.24) is 14.5 Å². The van der Waals surface area contributed by atoms with Crippen LogP contribution in [0.4, 0.5) is 19.0 Å². The fraction of sp³-hybridized carbons (Fsp3) is 0.423. The van der Waals surface area contributed by atoms with E-state index in [9.17, 15) is 22.8 Å². The Balaban J connectivity index is 1.62. The number of hydrogen-bond acceptors (Lipinski definition) is 7. The van der Waals surface area contributed by atoms with Crippen molar-refractivity contribution >= 4 is 69.1 Å². The molecule has 5 heterocycles. The van der Waals surface area contributed by atoms with Crippen molar-refractivity contribution in [3.05, 3.63) is 51.2 Å². The lowest BCUT2D eigenvalue weighted by Gasteiger charge is -2.44. The van der Waals surface area contributed by atoms with Gasteiger partial charge in [0.05, 0.1) is 16.1 Å². The van der Waals surface area contributed by atoms with Crippen molar-refractivity contribution in [2.24, 2.45) is 0 Å². The number of aromatic nitrogens is 2. The third-order valence-electron chi connectivity index (χ3n) is 7.41. The highest BCUT2D eigenvalue weighted by Crippen LogP contribution is 2.53. The number of thioether (sulfide) groups is 2. The van der Waals surface area contributed by atoms with E-state index in [0.717, 1.165) is 17.4 Å². The average molecular weight is 613 g/mol. The summed E-state index contributed by atoms with van der Waals surface area (Å²) in [6, 6.07) is 2.18. The van der Waals surface area contributed by atoms with Gasteiger partial charge in [0.2, 0.25) is 5.91 Å². The molecule has 0 spiro atoms. The molecular weight excluding hydrogens is 589 g/mol. The first kappa shape index (κ1) is 27.0. The molecule has 0 N–H and O–H groups in total. The van der Waals surface area contributed by atoms with E-state index in [0.29, 0.717) is 51.1 Å². The Labute approximate surface area is 240 Å². The molecule has 3 aliphatic heterocycles. The largest absolute Gasteiger partial charge is 0.417 e. The minimum absolute atomic E-state index is 0.0643. The van der Waals surface area contributed by atoms with Crippen LogP contribution in [0.5, 0.6) is 0 Å². The van der Waals surface area contributed by atoms with Crippen LogP contribution < -0.4 is 10.6 Å². The molecule has 206 valence electrons. The Kier molecular flexibility index (Phi) is 6.76. The molecule has 3 aliphatic rings. The predicted molar refractivity (Wildman–Crippen MR) is 153 cm³/mol. The lowest BCUT2D eigenvalue weighted by Crippen LogP contribution is -2.58. The predicted octanol–water partition coefficient (Wildman–Crippen LogP) is 6.00. The maximum absolute atomic E-state index is 14.7. The second-order valence-electron chi connectivity index (χ2n) is 10.1. The molecule has 0 bridgehead atoms. The van der Waals surface area contributed by atoms with Crippen molar-refractivity contribution in [3.63, 3.8) is 0 Å². The molecule has 6 rings (SSSR count). The van der Waals surface area contributed by atoms with Crippen molar-refractivity contribution in [2.45, 2.75) is 54.0 Å². The van der Waals surface area contributed by atoms with E-state index in [2.05, 4.69) is 11.6 Å². The second-order valence-corrected chi connectivity index (χ2v) is 13.9. The number of carbonyl (C=O) groups is 1. The van der Waals surface area contributed by atoms with Gasteiger partial charge in [-0.3, -0.25) is 9.36 Å². The van der Waals surface area contributed by atoms with Crippen LogP contribution in [0.15, 0.2) is 39.9 Å². The summed E-state index contributed by atoms with van der Waals surface area (Å²) in [7, 11) is 0. The SMILES string of the molecule is C=CC(=O)N1C(C)CN(c2nc(=O)n3c4c(c(-c5cc(Cl)cs5)c(C(F)(F)F)cc24)SCC2SC2C3)CC1C. The lowest BCUT2D eigenvalue weighted by atomic mass is 10.00. The summed E-state index contributed by atoms with van der Waals surface area (Å²) in [5, 5.41) is 2.78. The number of thiophene rings is 1. The van der Waals surface area contributed by atoms with Gasteiger partial charge in [-0.05, 0) is 32.1 Å². The summed E-state index contributed by atoms with van der Waals surface area (Å²) in [5.74, 6) is 0.665. The molecule has 0 aliphatic carbocycles. The molecule has 2 saturated heterocycles. The number of amides is 1. The number of hydrogen-bond donors (Lipinski definition) is 0. The van der Waals surface area contributed by atoms with Gasteiger partial charge in [0.15, 0.2) is 0 Å². The molecule has 6 nitrogen and oxygen atoms in total. The number of benzene rings is 1. The molecule has 39 heavy (non-hydrogen) atoms. The normalized spacial score (nSPS) is 24.8. The highest BCUT2D eigenvalue weighted by molar-refractivity contribution is 8.09. The van der Waals surface area contributed by atoms with Crippen LogP contribution in [-0.4, -0.2) is 61.8 Å². The summed E-state index contributed by atoms with van der Waals surface area (Å²) in [6.07, 6.45) is -3.39. The van der Waals surface area contributed by atoms with Crippen LogP contribution in [0.2, 0.25) is 5.02 Å². The van der Waals surface area contributed by atoms with Crippen LogP contribution in [0.25, 0.3) is 21.3 Å². The smallest absolute Gasteiger partial charge is 0.352 e. The quantitative estimate of drug-likeness (QED) is 0.267. The topological polar surface area (TPSA) is 58.4 Å². The van der Waals surface area contributed by atoms with Crippen molar-refractivity contribution < 1.29 is 18.0 Å². The average Bonchev–Trinajstić information content (AvgIpc) is 3.44. The van der Waals surface area contributed by atoms with Gasteiger partial charge in [-0.1, -0.05) is 18.2 Å². The summed E-state index contributed by atoms with van der Waals surface area (Å²) in [4.78, 5) is 34.8. The molecule has 0 saturated carbocycles. The van der Waals surface area contributed by atoms with E-state index >= 15 is 0 Å². The van der Waals surface area contributed by atoms with E-state index < -0.39 is 17.4 Å². The number of rotatable bonds is 3. The van der Waals surface area contributed by atoms with Gasteiger partial charge in [-0.15, -0.1) is 34.9 Å². The second kappa shape index (κ2) is 9.74. The van der Waals surface area contributed by atoms with Crippen LogP contribution >= 0.6 is 46.5 Å². The van der Waals surface area contributed by atoms with Crippen LogP contribution in [0, 0.1) is 0 Å². The molecule has 4 unspecified atom stereocenters. The molecule has 2 fully saturated rings. The molecule has 1 amide bonds. The molecule has 13 heteroatoms. The molecule has 3 aromatic rings. The van der Waals surface area contributed by atoms with Gasteiger partial charge in [0.1, 0.15) is 5.82 Å². The van der Waals surface area contributed by atoms with Gasteiger partial charge in [0.25, 0.3) is 0 Å². The van der Waals surface area contributed by atoms with E-state index in [1.165, 1.54) is 17.8 Å². The Morgan fingerprint density at radius 3 is 2.51 bits per heavy atom. The summed E-state index contributed by atoms with van der Waals surface area (Å²) >= 11 is 10.4. The maximum atomic E-state index is 14.7. The third-order valence-corrected chi connectivity index (χ3v) is 11.5. The maximum Gasteiger partial charge on any atom is 0.417 e. The van der Waals surface area contributed by atoms with Gasteiger partial charge in [-0.2, -0.15) is 18.2 Å². The minimum Gasteiger partial charge on any atom is -0.352 e. The van der Waals surface area contributed by atoms with Gasteiger partial charge in [0, 0.05) is 74.1 Å². The Morgan fingerprint density at radius 1 is 1.18 bits per heavy atom. The molecular formula is C26H24ClF3N4O2S3. The van der Waals surface area contributed by atoms with Gasteiger partial charge >= 0.3 is 11.9 Å². The first-order valence-electron chi connectivity index (χ1n) is 12.4. The van der Waals surface area contributed by atoms with Crippen molar-refractivity contribution in [3.8, 4) is 10.4 Å². The van der Waals surface area contributed by atoms with E-state index in [1.807, 2.05) is 18.7 Å². The number of piperazine rings is 1. The molecule has 2 aromatic heterocycles. The summed E-state index contributed by atoms with van der Waals surface area (Å²) in [6.45, 7) is 8.37. The molecule has 4 atom stereocenters. The number of anilines is 1. The number of fused-ring (bicyclic) bond motifs is 1. The fourth-order valence-electron chi connectivity index (χ4n) is 5.72. The summed E-state index contributed by atoms with van der Waals surface area (Å²) in [5.41, 5.74) is -0.702. The Bertz CT molecular complexity index is 1560. The zero-order chi connectivity index (χ0) is 27.8. The highest BCUT2D eigenvalue weighted by Gasteiger charge is 2.44. The Morgan fingerprint density at radius 2 is 1.90 bits per heavy atom. The van der Waals surface area contributed by atoms with Crippen LogP contribution in [-0.2, 0) is 17.5 Å². The van der Waals surface area contributed by atoms with E-state index in [1.54, 1.807) is 32.7 Å². The van der Waals surface area contributed by atoms with Crippen molar-refractivity contribution in [2.75, 3.05) is 23.7 Å². The van der Waals surface area contributed by atoms with E-state index in [4.69, 9.17) is 11.6 Å². The van der Waals surface area contributed by atoms with Gasteiger partial charge in [-0.25, -0.2) is 4.79 Å². The third kappa shape index (κ3) is 4.66. The van der Waals surface area contributed by atoms with Gasteiger partial charge < -0.3 is 9.80 Å². The van der Waals surface area contributed by atoms with Crippen molar-refractivity contribution in [1.29, 1.82) is 0 Å². The fourth-order valence-corrected chi connectivity index (χ4v) is 9.63. The zero-order valence-corrected chi connectivity index (χ0v) is 24.2.